The van der Waals surface area contributed by atoms with Crippen LogP contribution in [-0.4, -0.2) is 38.1 Å². The van der Waals surface area contributed by atoms with Crippen molar-refractivity contribution >= 4 is 21.8 Å². The lowest BCUT2D eigenvalue weighted by molar-refractivity contribution is -0.908. The van der Waals surface area contributed by atoms with Crippen molar-refractivity contribution in [3.63, 3.8) is 0 Å². The van der Waals surface area contributed by atoms with Gasteiger partial charge in [0.25, 0.3) is 5.91 Å². The summed E-state index contributed by atoms with van der Waals surface area (Å²) in [6.07, 6.45) is 0. The topological polar surface area (TPSA) is 34.0 Å². The van der Waals surface area contributed by atoms with E-state index in [0.717, 1.165) is 26.2 Å². The number of nitrogens with zero attached hydrogens (tertiary/aromatic N) is 1. The minimum Gasteiger partial charge on any atom is -0.496 e. The molecule has 0 aliphatic heterocycles. The van der Waals surface area contributed by atoms with Crippen molar-refractivity contribution in [2.24, 2.45) is 0 Å². The van der Waals surface area contributed by atoms with Gasteiger partial charge in [0, 0.05) is 23.6 Å². The Bertz CT molecular complexity index is 706. The number of ether oxygens (including phenoxy) is 1. The van der Waals surface area contributed by atoms with Crippen molar-refractivity contribution in [2.75, 3.05) is 21.2 Å². The van der Waals surface area contributed by atoms with Crippen molar-refractivity contribution in [1.82, 2.24) is 4.90 Å². The fraction of sp³-hybridized carbons (Fsp3) is 0.350. The molecule has 0 aromatic heterocycles. The Morgan fingerprint density at radius 2 is 1.92 bits per heavy atom. The van der Waals surface area contributed by atoms with Gasteiger partial charge in [0.15, 0.2) is 6.04 Å². The quantitative estimate of drug-likeness (QED) is 0.767. The van der Waals surface area contributed by atoms with Gasteiger partial charge in [0.05, 0.1) is 14.2 Å². The smallest absolute Gasteiger partial charge is 0.280 e. The zero-order valence-electron chi connectivity index (χ0n) is 15.3. The average molecular weight is 406 g/mol. The third kappa shape index (κ3) is 5.31. The van der Waals surface area contributed by atoms with Crippen molar-refractivity contribution in [3.05, 3.63) is 64.1 Å². The fourth-order valence-corrected chi connectivity index (χ4v) is 3.22. The molecular formula is C20H26BrN2O2+. The molecule has 25 heavy (non-hydrogen) atoms. The molecule has 2 aromatic carbocycles. The van der Waals surface area contributed by atoms with Crippen LogP contribution in [-0.2, 0) is 17.9 Å². The number of carbonyl (C=O) groups is 1. The summed E-state index contributed by atoms with van der Waals surface area (Å²) in [5.41, 5.74) is 2.22. The van der Waals surface area contributed by atoms with Gasteiger partial charge >= 0.3 is 0 Å². The van der Waals surface area contributed by atoms with Gasteiger partial charge in [-0.15, -0.1) is 0 Å². The molecule has 0 fully saturated rings. The van der Waals surface area contributed by atoms with E-state index in [1.165, 1.54) is 0 Å². The molecule has 4 nitrogen and oxygen atoms in total. The summed E-state index contributed by atoms with van der Waals surface area (Å²) in [6.45, 7) is 3.32. The lowest BCUT2D eigenvalue weighted by atomic mass is 10.1. The van der Waals surface area contributed by atoms with Crippen LogP contribution >= 0.6 is 15.9 Å². The maximum absolute atomic E-state index is 12.8. The first kappa shape index (κ1) is 19.5. The second kappa shape index (κ2) is 9.02. The largest absolute Gasteiger partial charge is 0.496 e. The lowest BCUT2D eigenvalue weighted by Crippen LogP contribution is -3.12. The van der Waals surface area contributed by atoms with Gasteiger partial charge in [0.2, 0.25) is 0 Å². The molecule has 0 aliphatic carbocycles. The minimum absolute atomic E-state index is 0.135. The van der Waals surface area contributed by atoms with E-state index in [-0.39, 0.29) is 11.9 Å². The van der Waals surface area contributed by atoms with E-state index in [0.29, 0.717) is 13.1 Å². The Kier molecular flexibility index (Phi) is 7.02. The molecule has 5 heteroatoms. The number of hydrogen-bond acceptors (Lipinski definition) is 2. The molecule has 1 amide bonds. The molecule has 2 atom stereocenters. The van der Waals surface area contributed by atoms with Gasteiger partial charge in [-0.05, 0) is 30.7 Å². The first-order chi connectivity index (χ1) is 11.9. The van der Waals surface area contributed by atoms with Crippen LogP contribution in [0.4, 0.5) is 0 Å². The molecule has 1 N–H and O–H groups in total. The number of carbonyl (C=O) groups excluding carboxylic acids is 1. The first-order valence-corrected chi connectivity index (χ1v) is 9.15. The molecule has 134 valence electrons. The molecule has 0 radical (unpaired) electrons. The normalized spacial score (nSPS) is 13.2. The number of amides is 1. The number of quaternary nitrogens is 1. The monoisotopic (exact) mass is 405 g/mol. The number of likely N-dealkylation sites (N-methyl/N-ethyl adjacent to an activating group) is 2. The van der Waals surface area contributed by atoms with Gasteiger partial charge < -0.3 is 14.5 Å². The highest BCUT2D eigenvalue weighted by molar-refractivity contribution is 9.10. The number of benzene rings is 2. The first-order valence-electron chi connectivity index (χ1n) is 8.36. The third-order valence-corrected chi connectivity index (χ3v) is 4.95. The second-order valence-electron chi connectivity index (χ2n) is 6.38. The summed E-state index contributed by atoms with van der Waals surface area (Å²) in [5, 5.41) is 0. The Labute approximate surface area is 158 Å². The molecule has 0 aliphatic rings. The van der Waals surface area contributed by atoms with Crippen molar-refractivity contribution in [1.29, 1.82) is 0 Å². The molecule has 2 aromatic rings. The molecule has 0 saturated carbocycles. The third-order valence-electron chi connectivity index (χ3n) is 4.46. The van der Waals surface area contributed by atoms with Gasteiger partial charge in [-0.3, -0.25) is 4.79 Å². The maximum Gasteiger partial charge on any atom is 0.280 e. The Balaban J connectivity index is 2.02. The van der Waals surface area contributed by atoms with E-state index >= 15 is 0 Å². The molecular weight excluding hydrogens is 380 g/mol. The predicted molar refractivity (Wildman–Crippen MR) is 104 cm³/mol. The highest BCUT2D eigenvalue weighted by atomic mass is 79.9. The molecule has 0 bridgehead atoms. The molecule has 1 unspecified atom stereocenters. The SMILES string of the molecule is COc1ccc(Br)cc1C[NH+](C)[C@H](C)C(=O)N(C)Cc1ccccc1. The zero-order valence-corrected chi connectivity index (χ0v) is 16.8. The summed E-state index contributed by atoms with van der Waals surface area (Å²) < 4.78 is 6.45. The highest BCUT2D eigenvalue weighted by Crippen LogP contribution is 2.22. The molecule has 0 spiro atoms. The Hall–Kier alpha value is -1.85. The Morgan fingerprint density at radius 3 is 2.56 bits per heavy atom. The standard InChI is InChI=1S/C20H25BrN2O2/c1-15(20(24)23(3)13-16-8-6-5-7-9-16)22(2)14-17-12-18(21)10-11-19(17)25-4/h5-12,15H,13-14H2,1-4H3/p+1/t15-/m1/s1. The summed E-state index contributed by atoms with van der Waals surface area (Å²) in [7, 11) is 5.57. The number of halogens is 1. The predicted octanol–water partition coefficient (Wildman–Crippen LogP) is 2.52. The molecule has 0 saturated heterocycles. The molecule has 0 heterocycles. The van der Waals surface area contributed by atoms with Crippen molar-refractivity contribution < 1.29 is 14.4 Å². The Morgan fingerprint density at radius 1 is 1.24 bits per heavy atom. The van der Waals surface area contributed by atoms with Crippen LogP contribution in [0.5, 0.6) is 5.75 Å². The average Bonchev–Trinajstić information content (AvgIpc) is 2.61. The van der Waals surface area contributed by atoms with Crippen LogP contribution in [0.15, 0.2) is 53.0 Å². The van der Waals surface area contributed by atoms with E-state index in [2.05, 4.69) is 15.9 Å². The summed E-state index contributed by atoms with van der Waals surface area (Å²) in [6, 6.07) is 15.9. The number of rotatable bonds is 7. The van der Waals surface area contributed by atoms with Gasteiger partial charge in [-0.2, -0.15) is 0 Å². The fourth-order valence-electron chi connectivity index (χ4n) is 2.82. The van der Waals surface area contributed by atoms with Gasteiger partial charge in [0.1, 0.15) is 12.3 Å². The number of nitrogens with one attached hydrogen (secondary N) is 1. The second-order valence-corrected chi connectivity index (χ2v) is 7.30. The van der Waals surface area contributed by atoms with E-state index in [4.69, 9.17) is 4.74 Å². The van der Waals surface area contributed by atoms with Crippen LogP contribution in [0, 0.1) is 0 Å². The van der Waals surface area contributed by atoms with Crippen molar-refractivity contribution in [3.8, 4) is 5.75 Å². The summed E-state index contributed by atoms with van der Waals surface area (Å²) in [4.78, 5) is 15.7. The minimum atomic E-state index is -0.141. The molecule has 2 rings (SSSR count). The van der Waals surface area contributed by atoms with E-state index < -0.39 is 0 Å². The van der Waals surface area contributed by atoms with Crippen molar-refractivity contribution in [2.45, 2.75) is 26.1 Å². The van der Waals surface area contributed by atoms with Crippen LogP contribution in [0.3, 0.4) is 0 Å². The van der Waals surface area contributed by atoms with Gasteiger partial charge in [-0.25, -0.2) is 0 Å². The number of hydrogen-bond donors (Lipinski definition) is 1. The summed E-state index contributed by atoms with van der Waals surface area (Å²) in [5.74, 6) is 0.982. The van der Waals surface area contributed by atoms with E-state index in [9.17, 15) is 4.79 Å². The van der Waals surface area contributed by atoms with E-state index in [1.807, 2.05) is 69.6 Å². The zero-order chi connectivity index (χ0) is 18.4. The van der Waals surface area contributed by atoms with Gasteiger partial charge in [-0.1, -0.05) is 46.3 Å². The lowest BCUT2D eigenvalue weighted by Gasteiger charge is -2.26. The number of methoxy groups -OCH3 is 1. The highest BCUT2D eigenvalue weighted by Gasteiger charge is 2.26. The van der Waals surface area contributed by atoms with E-state index in [1.54, 1.807) is 12.0 Å². The van der Waals surface area contributed by atoms with Crippen LogP contribution in [0.25, 0.3) is 0 Å². The maximum atomic E-state index is 12.8. The summed E-state index contributed by atoms with van der Waals surface area (Å²) >= 11 is 3.50. The van der Waals surface area contributed by atoms with Crippen LogP contribution in [0.1, 0.15) is 18.1 Å². The van der Waals surface area contributed by atoms with Crippen LogP contribution in [0.2, 0.25) is 0 Å². The van der Waals surface area contributed by atoms with Crippen LogP contribution < -0.4 is 9.64 Å².